The number of ether oxygens (including phenoxy) is 1. The SMILES string of the molecule is COc1ccc(CCNC(=O)N2CCc3c([nH]c4ccccc34)C2)cc1. The van der Waals surface area contributed by atoms with Crippen LogP contribution in [0.5, 0.6) is 5.75 Å². The van der Waals surface area contributed by atoms with Crippen molar-refractivity contribution in [2.75, 3.05) is 20.2 Å². The number of hydrogen-bond donors (Lipinski definition) is 2. The van der Waals surface area contributed by atoms with Crippen LogP contribution in [0, 0.1) is 0 Å². The smallest absolute Gasteiger partial charge is 0.317 e. The number of methoxy groups -OCH3 is 1. The summed E-state index contributed by atoms with van der Waals surface area (Å²) in [4.78, 5) is 17.8. The molecule has 26 heavy (non-hydrogen) atoms. The second-order valence-electron chi connectivity index (χ2n) is 6.63. The second kappa shape index (κ2) is 7.12. The van der Waals surface area contributed by atoms with Crippen LogP contribution in [-0.2, 0) is 19.4 Å². The molecule has 2 amide bonds. The van der Waals surface area contributed by atoms with Crippen molar-refractivity contribution in [2.24, 2.45) is 0 Å². The minimum atomic E-state index is 0.00261. The molecule has 0 saturated carbocycles. The molecule has 0 atom stereocenters. The van der Waals surface area contributed by atoms with Crippen LogP contribution in [0.2, 0.25) is 0 Å². The van der Waals surface area contributed by atoms with Crippen LogP contribution < -0.4 is 10.1 Å². The van der Waals surface area contributed by atoms with Crippen molar-refractivity contribution in [3.63, 3.8) is 0 Å². The molecule has 1 aliphatic heterocycles. The molecule has 0 fully saturated rings. The molecule has 2 N–H and O–H groups in total. The maximum Gasteiger partial charge on any atom is 0.317 e. The Morgan fingerprint density at radius 3 is 2.81 bits per heavy atom. The standard InChI is InChI=1S/C21H23N3O2/c1-26-16-8-6-15(7-9-16)10-12-22-21(25)24-13-11-18-17-4-2-3-5-19(17)23-20(18)14-24/h2-9,23H,10-14H2,1H3,(H,22,25). The van der Waals surface area contributed by atoms with E-state index in [9.17, 15) is 4.79 Å². The summed E-state index contributed by atoms with van der Waals surface area (Å²) in [5.74, 6) is 0.847. The Balaban J connectivity index is 1.34. The molecule has 5 heteroatoms. The van der Waals surface area contributed by atoms with Gasteiger partial charge in [-0.25, -0.2) is 4.79 Å². The zero-order chi connectivity index (χ0) is 17.9. The van der Waals surface area contributed by atoms with Gasteiger partial charge in [-0.3, -0.25) is 0 Å². The van der Waals surface area contributed by atoms with Gasteiger partial charge in [0.25, 0.3) is 0 Å². The molecule has 134 valence electrons. The predicted molar refractivity (Wildman–Crippen MR) is 103 cm³/mol. The second-order valence-corrected chi connectivity index (χ2v) is 6.63. The summed E-state index contributed by atoms with van der Waals surface area (Å²) in [7, 11) is 1.66. The van der Waals surface area contributed by atoms with Gasteiger partial charge in [0.2, 0.25) is 0 Å². The van der Waals surface area contributed by atoms with Gasteiger partial charge in [0.05, 0.1) is 13.7 Å². The number of amides is 2. The Kier molecular flexibility index (Phi) is 4.52. The van der Waals surface area contributed by atoms with E-state index in [1.165, 1.54) is 16.5 Å². The first-order valence-electron chi connectivity index (χ1n) is 8.99. The largest absolute Gasteiger partial charge is 0.497 e. The van der Waals surface area contributed by atoms with Gasteiger partial charge >= 0.3 is 6.03 Å². The Hall–Kier alpha value is -2.95. The van der Waals surface area contributed by atoms with Crippen molar-refractivity contribution in [2.45, 2.75) is 19.4 Å². The van der Waals surface area contributed by atoms with Crippen molar-refractivity contribution in [3.05, 3.63) is 65.4 Å². The van der Waals surface area contributed by atoms with Crippen LogP contribution in [0.25, 0.3) is 10.9 Å². The minimum absolute atomic E-state index is 0.00261. The number of benzene rings is 2. The molecule has 0 spiro atoms. The number of rotatable bonds is 4. The van der Waals surface area contributed by atoms with Gasteiger partial charge in [0.15, 0.2) is 0 Å². The quantitative estimate of drug-likeness (QED) is 0.757. The van der Waals surface area contributed by atoms with Crippen molar-refractivity contribution in [3.8, 4) is 5.75 Å². The van der Waals surface area contributed by atoms with E-state index in [0.717, 1.165) is 36.3 Å². The molecule has 5 nitrogen and oxygen atoms in total. The highest BCUT2D eigenvalue weighted by molar-refractivity contribution is 5.85. The van der Waals surface area contributed by atoms with Crippen LogP contribution in [0.15, 0.2) is 48.5 Å². The lowest BCUT2D eigenvalue weighted by atomic mass is 10.0. The summed E-state index contributed by atoms with van der Waals surface area (Å²) >= 11 is 0. The van der Waals surface area contributed by atoms with Crippen LogP contribution in [-0.4, -0.2) is 36.1 Å². The van der Waals surface area contributed by atoms with E-state index in [0.29, 0.717) is 13.1 Å². The molecule has 1 aliphatic rings. The van der Waals surface area contributed by atoms with Gasteiger partial charge in [-0.15, -0.1) is 0 Å². The van der Waals surface area contributed by atoms with E-state index < -0.39 is 0 Å². The van der Waals surface area contributed by atoms with Crippen molar-refractivity contribution in [1.29, 1.82) is 0 Å². The molecular weight excluding hydrogens is 326 g/mol. The highest BCUT2D eigenvalue weighted by atomic mass is 16.5. The molecular formula is C21H23N3O2. The van der Waals surface area contributed by atoms with Gasteiger partial charge < -0.3 is 19.9 Å². The number of nitrogens with zero attached hydrogens (tertiary/aromatic N) is 1. The first-order valence-corrected chi connectivity index (χ1v) is 8.99. The van der Waals surface area contributed by atoms with Crippen molar-refractivity contribution < 1.29 is 9.53 Å². The molecule has 2 heterocycles. The lowest BCUT2D eigenvalue weighted by Crippen LogP contribution is -2.43. The number of fused-ring (bicyclic) bond motifs is 3. The zero-order valence-electron chi connectivity index (χ0n) is 14.9. The average Bonchev–Trinajstić information content (AvgIpc) is 3.06. The minimum Gasteiger partial charge on any atom is -0.497 e. The number of para-hydroxylation sites is 1. The fourth-order valence-corrected chi connectivity index (χ4v) is 3.58. The number of aromatic nitrogens is 1. The van der Waals surface area contributed by atoms with Gasteiger partial charge in [-0.2, -0.15) is 0 Å². The number of nitrogens with one attached hydrogen (secondary N) is 2. The van der Waals surface area contributed by atoms with Crippen LogP contribution in [0.1, 0.15) is 16.8 Å². The molecule has 0 bridgehead atoms. The summed E-state index contributed by atoms with van der Waals surface area (Å²) in [5, 5.41) is 4.32. The van der Waals surface area contributed by atoms with Gasteiger partial charge in [-0.05, 0) is 42.2 Å². The molecule has 3 aromatic rings. The van der Waals surface area contributed by atoms with Crippen molar-refractivity contribution in [1.82, 2.24) is 15.2 Å². The first kappa shape index (κ1) is 16.5. The Bertz CT molecular complexity index is 915. The van der Waals surface area contributed by atoms with E-state index in [-0.39, 0.29) is 6.03 Å². The number of carbonyl (C=O) groups excluding carboxylic acids is 1. The molecule has 0 unspecified atom stereocenters. The Morgan fingerprint density at radius 2 is 2.00 bits per heavy atom. The third kappa shape index (κ3) is 3.25. The van der Waals surface area contributed by atoms with Gasteiger partial charge in [0.1, 0.15) is 5.75 Å². The van der Waals surface area contributed by atoms with E-state index in [4.69, 9.17) is 4.74 Å². The molecule has 0 aliphatic carbocycles. The fourth-order valence-electron chi connectivity index (χ4n) is 3.58. The van der Waals surface area contributed by atoms with Gasteiger partial charge in [0, 0.05) is 29.7 Å². The number of urea groups is 1. The molecule has 0 saturated heterocycles. The topological polar surface area (TPSA) is 57.4 Å². The normalized spacial score (nSPS) is 13.5. The monoisotopic (exact) mass is 349 g/mol. The highest BCUT2D eigenvalue weighted by Crippen LogP contribution is 2.27. The first-order chi connectivity index (χ1) is 12.7. The van der Waals surface area contributed by atoms with Gasteiger partial charge in [-0.1, -0.05) is 30.3 Å². The number of aromatic amines is 1. The highest BCUT2D eigenvalue weighted by Gasteiger charge is 2.23. The third-order valence-electron chi connectivity index (χ3n) is 5.02. The summed E-state index contributed by atoms with van der Waals surface area (Å²) < 4.78 is 5.16. The van der Waals surface area contributed by atoms with E-state index >= 15 is 0 Å². The maximum absolute atomic E-state index is 12.5. The van der Waals surface area contributed by atoms with Crippen molar-refractivity contribution >= 4 is 16.9 Å². The Morgan fingerprint density at radius 1 is 1.19 bits per heavy atom. The lowest BCUT2D eigenvalue weighted by Gasteiger charge is -2.27. The summed E-state index contributed by atoms with van der Waals surface area (Å²) in [5.41, 5.74) is 4.84. The molecule has 4 rings (SSSR count). The molecule has 2 aromatic carbocycles. The maximum atomic E-state index is 12.5. The number of hydrogen-bond acceptors (Lipinski definition) is 2. The van der Waals surface area contributed by atoms with E-state index in [1.54, 1.807) is 7.11 Å². The van der Waals surface area contributed by atoms with Crippen LogP contribution >= 0.6 is 0 Å². The third-order valence-corrected chi connectivity index (χ3v) is 5.02. The predicted octanol–water partition coefficient (Wildman–Crippen LogP) is 3.49. The van der Waals surface area contributed by atoms with Crippen LogP contribution in [0.4, 0.5) is 4.79 Å². The lowest BCUT2D eigenvalue weighted by molar-refractivity contribution is 0.192. The number of H-pyrrole nitrogens is 1. The van der Waals surface area contributed by atoms with Crippen LogP contribution in [0.3, 0.4) is 0 Å². The zero-order valence-corrected chi connectivity index (χ0v) is 14.9. The Labute approximate surface area is 153 Å². The molecule has 1 aromatic heterocycles. The average molecular weight is 349 g/mol. The van der Waals surface area contributed by atoms with E-state index in [2.05, 4.69) is 28.5 Å². The summed E-state index contributed by atoms with van der Waals surface area (Å²) in [6.45, 7) is 2.02. The number of carbonyl (C=O) groups is 1. The summed E-state index contributed by atoms with van der Waals surface area (Å²) in [6.07, 6.45) is 1.70. The fraction of sp³-hybridized carbons (Fsp3) is 0.286. The molecule has 0 radical (unpaired) electrons. The van der Waals surface area contributed by atoms with E-state index in [1.807, 2.05) is 35.2 Å². The summed E-state index contributed by atoms with van der Waals surface area (Å²) in [6, 6.07) is 16.3.